The van der Waals surface area contributed by atoms with E-state index in [1.807, 2.05) is 46.4 Å². The maximum atomic E-state index is 13.3. The molecule has 3 aliphatic heterocycles. The number of likely N-dealkylation sites (tertiary alicyclic amines) is 1. The Morgan fingerprint density at radius 2 is 1.64 bits per heavy atom. The van der Waals surface area contributed by atoms with Crippen LogP contribution in [-0.2, 0) is 38.5 Å². The van der Waals surface area contributed by atoms with Gasteiger partial charge in [0.15, 0.2) is 10.1 Å². The van der Waals surface area contributed by atoms with Gasteiger partial charge in [0.05, 0.1) is 26.2 Å². The predicted octanol–water partition coefficient (Wildman–Crippen LogP) is 2.05. The van der Waals surface area contributed by atoms with Gasteiger partial charge in [-0.2, -0.15) is 13.2 Å². The average Bonchev–Trinajstić information content (AvgIpc) is 3.24. The number of rotatable bonds is 3. The Labute approximate surface area is 245 Å². The molecule has 1 unspecified atom stereocenters. The van der Waals surface area contributed by atoms with Gasteiger partial charge in [-0.1, -0.05) is 0 Å². The van der Waals surface area contributed by atoms with Gasteiger partial charge >= 0.3 is 23.4 Å². The lowest BCUT2D eigenvalue weighted by Gasteiger charge is -2.55. The van der Waals surface area contributed by atoms with E-state index in [-0.39, 0.29) is 29.2 Å². The Bertz CT molecular complexity index is 1380. The van der Waals surface area contributed by atoms with Crippen molar-refractivity contribution in [2.24, 2.45) is 20.0 Å². The summed E-state index contributed by atoms with van der Waals surface area (Å²) in [6, 6.07) is -0.147. The van der Waals surface area contributed by atoms with E-state index < -0.39 is 32.8 Å². The molecule has 3 aliphatic rings. The van der Waals surface area contributed by atoms with Gasteiger partial charge in [-0.25, -0.2) is 22.6 Å². The van der Waals surface area contributed by atoms with Crippen LogP contribution in [0.4, 0.5) is 18.0 Å². The van der Waals surface area contributed by atoms with E-state index in [1.54, 1.807) is 29.9 Å². The first kappa shape index (κ1) is 33.6. The van der Waals surface area contributed by atoms with Crippen molar-refractivity contribution in [3.63, 3.8) is 0 Å². The fraction of sp³-hybridized carbons (Fsp3) is 0.708. The molecule has 0 N–H and O–H groups in total. The van der Waals surface area contributed by atoms with Crippen molar-refractivity contribution in [2.75, 3.05) is 13.1 Å². The van der Waals surface area contributed by atoms with Crippen molar-refractivity contribution in [3.8, 4) is 0 Å². The van der Waals surface area contributed by atoms with Crippen LogP contribution in [0.15, 0.2) is 16.9 Å². The number of ether oxygens (including phenoxy) is 2. The van der Waals surface area contributed by atoms with Gasteiger partial charge in [0.25, 0.3) is 11.4 Å². The van der Waals surface area contributed by atoms with Gasteiger partial charge in [-0.3, -0.25) is 4.79 Å². The molecule has 18 heteroatoms. The number of amides is 1. The fourth-order valence-electron chi connectivity index (χ4n) is 4.86. The van der Waals surface area contributed by atoms with Gasteiger partial charge < -0.3 is 23.8 Å². The van der Waals surface area contributed by atoms with Crippen LogP contribution in [0.3, 0.4) is 0 Å². The van der Waals surface area contributed by atoms with Gasteiger partial charge in [0.1, 0.15) is 16.9 Å². The lowest BCUT2D eigenvalue weighted by Crippen LogP contribution is -2.70. The number of piperidine rings is 1. The average molecular weight is 642 g/mol. The molecule has 4 heterocycles. The number of hydrogen-bond donors (Lipinski definition) is 0. The van der Waals surface area contributed by atoms with Crippen LogP contribution in [0.25, 0.3) is 0 Å². The number of halogens is 3. The van der Waals surface area contributed by atoms with E-state index in [9.17, 15) is 27.6 Å². The smallest absolute Gasteiger partial charge is 0.485 e. The summed E-state index contributed by atoms with van der Waals surface area (Å²) in [6.07, 6.45) is 1.87. The predicted molar refractivity (Wildman–Crippen MR) is 140 cm³/mol. The van der Waals surface area contributed by atoms with Crippen LogP contribution < -0.4 is 4.57 Å². The molecule has 1 aromatic rings. The van der Waals surface area contributed by atoms with Crippen molar-refractivity contribution in [3.05, 3.63) is 22.8 Å². The van der Waals surface area contributed by atoms with E-state index in [0.717, 1.165) is 16.7 Å². The maximum absolute atomic E-state index is 13.3. The van der Waals surface area contributed by atoms with E-state index in [2.05, 4.69) is 5.10 Å². The first-order valence-electron chi connectivity index (χ1n) is 12.8. The van der Waals surface area contributed by atoms with Crippen molar-refractivity contribution < 1.29 is 54.6 Å². The molecule has 1 amide bonds. The van der Waals surface area contributed by atoms with Crippen molar-refractivity contribution in [1.29, 1.82) is 0 Å². The quantitative estimate of drug-likeness (QED) is 0.206. The molecular formula is C24H34F3N5O8S2. The minimum absolute atomic E-state index is 0.0348. The number of carbonyl (C=O) groups is 3. The van der Waals surface area contributed by atoms with Crippen molar-refractivity contribution in [1.82, 2.24) is 19.6 Å². The molecule has 236 valence electrons. The monoisotopic (exact) mass is 641 g/mol. The van der Waals surface area contributed by atoms with Gasteiger partial charge in [0, 0.05) is 29.0 Å². The highest BCUT2D eigenvalue weighted by atomic mass is 32.2. The zero-order chi connectivity index (χ0) is 32.2. The molecule has 2 saturated heterocycles. The summed E-state index contributed by atoms with van der Waals surface area (Å²) in [6.45, 7) is 12.0. The third kappa shape index (κ3) is 7.19. The normalized spacial score (nSPS) is 22.1. The first-order valence-corrected chi connectivity index (χ1v) is 15.0. The van der Waals surface area contributed by atoms with Crippen LogP contribution in [0, 0.1) is 5.92 Å². The van der Waals surface area contributed by atoms with Crippen molar-refractivity contribution >= 4 is 39.1 Å². The highest BCUT2D eigenvalue weighted by Gasteiger charge is 2.60. The number of esters is 1. The largest absolute Gasteiger partial charge is 0.741 e. The summed E-state index contributed by atoms with van der Waals surface area (Å²) in [5.41, 5.74) is -6.46. The fourth-order valence-corrected chi connectivity index (χ4v) is 6.13. The maximum Gasteiger partial charge on any atom is 0.485 e. The van der Waals surface area contributed by atoms with Crippen molar-refractivity contribution in [2.45, 2.75) is 76.8 Å². The Hall–Kier alpha value is -2.86. The molecule has 0 aliphatic carbocycles. The number of nitrogens with zero attached hydrogens (tertiary/aromatic N) is 5. The lowest BCUT2D eigenvalue weighted by atomic mass is 9.81. The van der Waals surface area contributed by atoms with E-state index in [1.165, 1.54) is 4.68 Å². The molecule has 42 heavy (non-hydrogen) atoms. The van der Waals surface area contributed by atoms with E-state index in [0.29, 0.717) is 31.0 Å². The highest BCUT2D eigenvalue weighted by Crippen LogP contribution is 2.52. The van der Waals surface area contributed by atoms with Crippen LogP contribution in [0.1, 0.15) is 58.6 Å². The van der Waals surface area contributed by atoms with E-state index in [4.69, 9.17) is 22.4 Å². The Morgan fingerprint density at radius 1 is 1.10 bits per heavy atom. The third-order valence-electron chi connectivity index (χ3n) is 6.42. The topological polar surface area (TPSA) is 155 Å². The third-order valence-corrected chi connectivity index (χ3v) is 8.07. The Kier molecular flexibility index (Phi) is 9.08. The standard InChI is InChI=1S/C23H34N5O5S.CHF3O3S/c1-22(2,3)32-19(29)16-17(34-20(30)18-25(7)12-24-26(18)8)13-9-10-27(14-11-28(16)15(13)14)21(31)33-23(4,5)6;2-1(3,4)8(5,6)7/h12-15H,9-11H2,1-8H3;(H,5,6,7)/q+1;/p-1/t13?,14-,15+;/m0./s1. The minimum atomic E-state index is -6.09. The van der Waals surface area contributed by atoms with Gasteiger partial charge in [-0.05, 0) is 59.7 Å². The molecule has 0 bridgehead atoms. The summed E-state index contributed by atoms with van der Waals surface area (Å²) in [5.74, 6) is -0.0423. The lowest BCUT2D eigenvalue weighted by molar-refractivity contribution is -0.673. The molecule has 1 aromatic heterocycles. The summed E-state index contributed by atoms with van der Waals surface area (Å²) in [5, 5.41) is 3.96. The first-order chi connectivity index (χ1) is 18.9. The highest BCUT2D eigenvalue weighted by molar-refractivity contribution is 8.17. The van der Waals surface area contributed by atoms with Crippen LogP contribution in [0.5, 0.6) is 0 Å². The molecule has 0 saturated carbocycles. The van der Waals surface area contributed by atoms with Crippen LogP contribution >= 0.6 is 11.8 Å². The van der Waals surface area contributed by atoms with Gasteiger partial charge in [0.2, 0.25) is 0 Å². The molecular weight excluding hydrogens is 607 g/mol. The SMILES string of the molecule is Cn1nc[n+](C)c1C(=O)SC1=C(C(=O)OC(C)(C)C)N2C[C@H]3[C@H]2C1CCN3C(=O)OC(C)(C)C.O=S(=O)([O-])C(F)(F)F. The molecule has 0 spiro atoms. The number of alkyl halides is 3. The number of thioether (sulfide) groups is 1. The summed E-state index contributed by atoms with van der Waals surface area (Å²) < 4.78 is 73.4. The molecule has 0 radical (unpaired) electrons. The second-order valence-corrected chi connectivity index (χ2v) is 14.4. The van der Waals surface area contributed by atoms with E-state index >= 15 is 0 Å². The number of aromatic nitrogens is 3. The number of aryl methyl sites for hydroxylation is 2. The second-order valence-electron chi connectivity index (χ2n) is 12.0. The van der Waals surface area contributed by atoms with Crippen LogP contribution in [0.2, 0.25) is 0 Å². The molecule has 13 nitrogen and oxygen atoms in total. The zero-order valence-electron chi connectivity index (χ0n) is 24.4. The molecule has 4 rings (SSSR count). The number of hydrogen-bond acceptors (Lipinski definition) is 11. The Morgan fingerprint density at radius 3 is 2.10 bits per heavy atom. The molecule has 2 fully saturated rings. The summed E-state index contributed by atoms with van der Waals surface area (Å²) >= 11 is 1.07. The summed E-state index contributed by atoms with van der Waals surface area (Å²) in [7, 11) is -2.61. The second kappa shape index (κ2) is 11.3. The Balaban J connectivity index is 0.000000531. The van der Waals surface area contributed by atoms with Crippen LogP contribution in [-0.4, -0.2) is 91.6 Å². The molecule has 0 aromatic carbocycles. The molecule has 3 atom stereocenters. The van der Waals surface area contributed by atoms with Gasteiger partial charge in [-0.15, -0.1) is 4.68 Å². The summed E-state index contributed by atoms with van der Waals surface area (Å²) in [4.78, 5) is 43.9. The number of carbonyl (C=O) groups excluding carboxylic acids is 3. The zero-order valence-corrected chi connectivity index (χ0v) is 26.0. The minimum Gasteiger partial charge on any atom is -0.741 e.